The Morgan fingerprint density at radius 3 is 2.28 bits per heavy atom. The highest BCUT2D eigenvalue weighted by atomic mass is 16.5. The number of rotatable bonds is 5. The third-order valence-corrected chi connectivity index (χ3v) is 4.93. The molecule has 0 radical (unpaired) electrons. The zero-order chi connectivity index (χ0) is 21.0. The van der Waals surface area contributed by atoms with Crippen LogP contribution < -0.4 is 0 Å². The van der Waals surface area contributed by atoms with E-state index in [1.807, 2.05) is 49.4 Å². The molecular formula is C24H21N3O2. The standard InChI is InChI=1S/C24H21N3O2/c1-4-21-20(15-26)22(23(27(21)3)24(28)29-5-2)18-11-9-17(10-12-18)19-8-6-7-16(13-19)14-25/h6-13H,4-5H2,1-3H3. The molecule has 5 heteroatoms. The minimum atomic E-state index is -0.438. The van der Waals surface area contributed by atoms with E-state index in [0.717, 1.165) is 22.4 Å². The van der Waals surface area contributed by atoms with Crippen molar-refractivity contribution in [2.24, 2.45) is 7.05 Å². The molecule has 0 N–H and O–H groups in total. The Hall–Kier alpha value is -3.83. The van der Waals surface area contributed by atoms with E-state index in [9.17, 15) is 10.1 Å². The minimum Gasteiger partial charge on any atom is -0.461 e. The second-order valence-electron chi connectivity index (χ2n) is 6.56. The van der Waals surface area contributed by atoms with Crippen molar-refractivity contribution in [2.45, 2.75) is 20.3 Å². The first-order chi connectivity index (χ1) is 14.0. The van der Waals surface area contributed by atoms with Gasteiger partial charge < -0.3 is 9.30 Å². The second-order valence-corrected chi connectivity index (χ2v) is 6.56. The van der Waals surface area contributed by atoms with Gasteiger partial charge in [-0.25, -0.2) is 4.79 Å². The summed E-state index contributed by atoms with van der Waals surface area (Å²) in [4.78, 5) is 12.6. The molecule has 3 aromatic rings. The van der Waals surface area contributed by atoms with Gasteiger partial charge in [0.1, 0.15) is 11.8 Å². The summed E-state index contributed by atoms with van der Waals surface area (Å²) in [6, 6.07) is 19.5. The van der Waals surface area contributed by atoms with Crippen molar-refractivity contribution in [1.29, 1.82) is 10.5 Å². The van der Waals surface area contributed by atoms with Crippen LogP contribution in [0.2, 0.25) is 0 Å². The Bertz CT molecular complexity index is 1140. The molecule has 0 aliphatic carbocycles. The average Bonchev–Trinajstić information content (AvgIpc) is 3.05. The van der Waals surface area contributed by atoms with Crippen LogP contribution in [-0.4, -0.2) is 17.1 Å². The molecule has 0 amide bonds. The van der Waals surface area contributed by atoms with Crippen LogP contribution in [0.5, 0.6) is 0 Å². The fourth-order valence-corrected chi connectivity index (χ4v) is 3.58. The van der Waals surface area contributed by atoms with Gasteiger partial charge in [0, 0.05) is 18.3 Å². The molecule has 29 heavy (non-hydrogen) atoms. The first kappa shape index (κ1) is 19.9. The van der Waals surface area contributed by atoms with Crippen LogP contribution in [0, 0.1) is 22.7 Å². The fourth-order valence-electron chi connectivity index (χ4n) is 3.58. The number of esters is 1. The summed E-state index contributed by atoms with van der Waals surface area (Å²) in [5.74, 6) is -0.438. The topological polar surface area (TPSA) is 78.8 Å². The fraction of sp³-hybridized carbons (Fsp3) is 0.208. The molecule has 2 aromatic carbocycles. The number of carbonyl (C=O) groups is 1. The first-order valence-corrected chi connectivity index (χ1v) is 9.45. The molecule has 0 saturated carbocycles. The molecule has 0 unspecified atom stereocenters. The summed E-state index contributed by atoms with van der Waals surface area (Å²) >= 11 is 0. The minimum absolute atomic E-state index is 0.265. The number of aromatic nitrogens is 1. The van der Waals surface area contributed by atoms with Gasteiger partial charge in [0.2, 0.25) is 0 Å². The molecule has 0 fully saturated rings. The lowest BCUT2D eigenvalue weighted by Crippen LogP contribution is -2.12. The molecule has 0 bridgehead atoms. The molecule has 3 rings (SSSR count). The number of carbonyl (C=O) groups excluding carboxylic acids is 1. The predicted octanol–water partition coefficient (Wildman–Crippen LogP) is 4.84. The number of nitriles is 2. The number of hydrogen-bond donors (Lipinski definition) is 0. The third-order valence-electron chi connectivity index (χ3n) is 4.93. The molecule has 0 spiro atoms. The monoisotopic (exact) mass is 383 g/mol. The summed E-state index contributed by atoms with van der Waals surface area (Å²) < 4.78 is 7.01. The maximum Gasteiger partial charge on any atom is 0.355 e. The van der Waals surface area contributed by atoms with Gasteiger partial charge in [-0.05, 0) is 42.2 Å². The maximum atomic E-state index is 12.6. The lowest BCUT2D eigenvalue weighted by molar-refractivity contribution is 0.0516. The van der Waals surface area contributed by atoms with Crippen molar-refractivity contribution >= 4 is 5.97 Å². The molecular weight excluding hydrogens is 362 g/mol. The highest BCUT2D eigenvalue weighted by Gasteiger charge is 2.26. The molecule has 1 heterocycles. The Balaban J connectivity index is 2.14. The van der Waals surface area contributed by atoms with E-state index in [1.54, 1.807) is 24.6 Å². The lowest BCUT2D eigenvalue weighted by atomic mass is 9.96. The number of hydrogen-bond acceptors (Lipinski definition) is 4. The molecule has 0 atom stereocenters. The second kappa shape index (κ2) is 8.46. The van der Waals surface area contributed by atoms with Gasteiger partial charge in [0.05, 0.1) is 23.8 Å². The van der Waals surface area contributed by atoms with Gasteiger partial charge >= 0.3 is 5.97 Å². The quantitative estimate of drug-likeness (QED) is 0.591. The van der Waals surface area contributed by atoms with Crippen LogP contribution in [0.25, 0.3) is 22.3 Å². The summed E-state index contributed by atoms with van der Waals surface area (Å²) in [7, 11) is 1.79. The van der Waals surface area contributed by atoms with Gasteiger partial charge in [0.15, 0.2) is 0 Å². The van der Waals surface area contributed by atoms with Crippen molar-refractivity contribution < 1.29 is 9.53 Å². The molecule has 0 saturated heterocycles. The van der Waals surface area contributed by atoms with Gasteiger partial charge in [-0.3, -0.25) is 0 Å². The van der Waals surface area contributed by atoms with E-state index in [-0.39, 0.29) is 6.61 Å². The molecule has 0 aliphatic rings. The summed E-state index contributed by atoms with van der Waals surface area (Å²) in [5, 5.41) is 18.9. The van der Waals surface area contributed by atoms with Gasteiger partial charge in [-0.15, -0.1) is 0 Å². The third kappa shape index (κ3) is 3.63. The van der Waals surface area contributed by atoms with Crippen molar-refractivity contribution in [3.05, 3.63) is 71.0 Å². The van der Waals surface area contributed by atoms with E-state index in [1.165, 1.54) is 0 Å². The Kier molecular flexibility index (Phi) is 5.81. The van der Waals surface area contributed by atoms with E-state index < -0.39 is 5.97 Å². The zero-order valence-corrected chi connectivity index (χ0v) is 16.7. The SMILES string of the molecule is CCOC(=O)c1c(-c2ccc(-c3cccc(C#N)c3)cc2)c(C#N)c(CC)n1C. The van der Waals surface area contributed by atoms with Crippen molar-refractivity contribution in [3.63, 3.8) is 0 Å². The van der Waals surface area contributed by atoms with Crippen LogP contribution in [0.3, 0.4) is 0 Å². The number of benzene rings is 2. The van der Waals surface area contributed by atoms with E-state index in [0.29, 0.717) is 28.8 Å². The highest BCUT2D eigenvalue weighted by Crippen LogP contribution is 2.34. The first-order valence-electron chi connectivity index (χ1n) is 9.45. The van der Waals surface area contributed by atoms with Gasteiger partial charge in [-0.1, -0.05) is 43.3 Å². The van der Waals surface area contributed by atoms with Crippen LogP contribution in [0.4, 0.5) is 0 Å². The Labute approximate surface area is 170 Å². The maximum absolute atomic E-state index is 12.6. The normalized spacial score (nSPS) is 10.2. The average molecular weight is 383 g/mol. The van der Waals surface area contributed by atoms with Crippen molar-refractivity contribution in [3.8, 4) is 34.4 Å². The zero-order valence-electron chi connectivity index (χ0n) is 16.7. The summed E-state index contributed by atoms with van der Waals surface area (Å²) in [6.45, 7) is 3.98. The molecule has 5 nitrogen and oxygen atoms in total. The largest absolute Gasteiger partial charge is 0.461 e. The highest BCUT2D eigenvalue weighted by molar-refractivity contribution is 5.98. The molecule has 1 aromatic heterocycles. The van der Waals surface area contributed by atoms with Crippen molar-refractivity contribution in [1.82, 2.24) is 4.57 Å². The van der Waals surface area contributed by atoms with E-state index in [4.69, 9.17) is 10.00 Å². The lowest BCUT2D eigenvalue weighted by Gasteiger charge is -2.09. The molecule has 0 aliphatic heterocycles. The summed E-state index contributed by atoms with van der Waals surface area (Å²) in [5.41, 5.74) is 5.55. The Morgan fingerprint density at radius 2 is 1.69 bits per heavy atom. The van der Waals surface area contributed by atoms with Crippen LogP contribution in [0.15, 0.2) is 48.5 Å². The van der Waals surface area contributed by atoms with Gasteiger partial charge in [0.25, 0.3) is 0 Å². The van der Waals surface area contributed by atoms with Crippen molar-refractivity contribution in [2.75, 3.05) is 6.61 Å². The van der Waals surface area contributed by atoms with Crippen LogP contribution >= 0.6 is 0 Å². The number of ether oxygens (including phenoxy) is 1. The van der Waals surface area contributed by atoms with Crippen LogP contribution in [0.1, 0.15) is 41.2 Å². The van der Waals surface area contributed by atoms with Gasteiger partial charge in [-0.2, -0.15) is 10.5 Å². The van der Waals surface area contributed by atoms with E-state index in [2.05, 4.69) is 12.1 Å². The molecule has 144 valence electrons. The summed E-state index contributed by atoms with van der Waals surface area (Å²) in [6.07, 6.45) is 0.630. The van der Waals surface area contributed by atoms with Crippen LogP contribution in [-0.2, 0) is 18.2 Å². The Morgan fingerprint density at radius 1 is 1.00 bits per heavy atom. The number of nitrogens with zero attached hydrogens (tertiary/aromatic N) is 3. The van der Waals surface area contributed by atoms with E-state index >= 15 is 0 Å². The predicted molar refractivity (Wildman–Crippen MR) is 111 cm³/mol. The smallest absolute Gasteiger partial charge is 0.355 e.